The predicted molar refractivity (Wildman–Crippen MR) is 53.7 cm³/mol. The second-order valence-electron chi connectivity index (χ2n) is 4.85. The number of hydrogen-bond acceptors (Lipinski definition) is 2. The van der Waals surface area contributed by atoms with E-state index in [2.05, 4.69) is 6.92 Å². The average molecular weight is 206 g/mol. The summed E-state index contributed by atoms with van der Waals surface area (Å²) in [5.41, 5.74) is 0. The van der Waals surface area contributed by atoms with Crippen molar-refractivity contribution in [2.45, 2.75) is 31.6 Å². The molecule has 3 rings (SSSR count). The zero-order chi connectivity index (χ0) is 10.6. The van der Waals surface area contributed by atoms with E-state index in [4.69, 9.17) is 9.52 Å². The predicted octanol–water partition coefficient (Wildman–Crippen LogP) is 2.59. The van der Waals surface area contributed by atoms with Gasteiger partial charge in [-0.15, -0.1) is 0 Å². The Kier molecular flexibility index (Phi) is 1.73. The maximum absolute atomic E-state index is 10.7. The molecule has 1 N–H and O–H groups in total. The topological polar surface area (TPSA) is 50.4 Å². The summed E-state index contributed by atoms with van der Waals surface area (Å²) in [6, 6.07) is 3.97. The van der Waals surface area contributed by atoms with Gasteiger partial charge in [-0.3, -0.25) is 4.79 Å². The van der Waals surface area contributed by atoms with E-state index in [9.17, 15) is 4.79 Å². The molecule has 0 saturated heterocycles. The minimum absolute atomic E-state index is 0.130. The van der Waals surface area contributed by atoms with E-state index in [0.717, 1.165) is 23.9 Å². The molecule has 0 aromatic carbocycles. The molecule has 0 aliphatic heterocycles. The van der Waals surface area contributed by atoms with Crippen molar-refractivity contribution < 1.29 is 14.3 Å². The molecule has 2 aliphatic carbocycles. The Hall–Kier alpha value is -1.25. The van der Waals surface area contributed by atoms with Gasteiger partial charge < -0.3 is 9.52 Å². The van der Waals surface area contributed by atoms with Crippen LogP contribution in [0.3, 0.4) is 0 Å². The summed E-state index contributed by atoms with van der Waals surface area (Å²) >= 11 is 0. The maximum atomic E-state index is 10.7. The van der Waals surface area contributed by atoms with Crippen LogP contribution < -0.4 is 0 Å². The molecule has 2 saturated carbocycles. The van der Waals surface area contributed by atoms with E-state index in [1.54, 1.807) is 0 Å². The molecule has 0 unspecified atom stereocenters. The molecule has 1 aromatic rings. The average Bonchev–Trinajstić information content (AvgIpc) is 3.07. The van der Waals surface area contributed by atoms with Crippen LogP contribution in [-0.4, -0.2) is 11.1 Å². The summed E-state index contributed by atoms with van der Waals surface area (Å²) in [4.78, 5) is 10.7. The Morgan fingerprint density at radius 3 is 2.40 bits per heavy atom. The quantitative estimate of drug-likeness (QED) is 0.826. The van der Waals surface area contributed by atoms with E-state index >= 15 is 0 Å². The summed E-state index contributed by atoms with van der Waals surface area (Å²) < 4.78 is 5.72. The molecule has 0 radical (unpaired) electrons. The van der Waals surface area contributed by atoms with Gasteiger partial charge in [0.15, 0.2) is 0 Å². The first-order chi connectivity index (χ1) is 7.16. The largest absolute Gasteiger partial charge is 0.481 e. The van der Waals surface area contributed by atoms with Crippen LogP contribution in [0.5, 0.6) is 0 Å². The van der Waals surface area contributed by atoms with Crippen molar-refractivity contribution in [2.75, 3.05) is 0 Å². The van der Waals surface area contributed by atoms with Crippen molar-refractivity contribution in [3.05, 3.63) is 23.7 Å². The number of aliphatic carboxylic acids is 1. The number of furan rings is 1. The molecule has 0 amide bonds. The standard InChI is InChI=1S/C12H14O3/c1-6-4-7(6)10-2-3-11(15-10)8-5-9(8)12(13)14/h2-3,6-9H,4-5H2,1H3,(H,13,14)/t6-,7+,8+,9-/m0/s1. The van der Waals surface area contributed by atoms with Gasteiger partial charge in [0.05, 0.1) is 5.92 Å². The lowest BCUT2D eigenvalue weighted by atomic mass is 10.2. The van der Waals surface area contributed by atoms with E-state index < -0.39 is 5.97 Å². The molecule has 4 atom stereocenters. The minimum Gasteiger partial charge on any atom is -0.481 e. The third-order valence-electron chi connectivity index (χ3n) is 3.60. The Morgan fingerprint density at radius 2 is 1.93 bits per heavy atom. The van der Waals surface area contributed by atoms with Gasteiger partial charge in [-0.2, -0.15) is 0 Å². The molecule has 80 valence electrons. The SMILES string of the molecule is C[C@H]1C[C@H]1c1ccc([C@@H]2C[C@@H]2C(=O)O)o1. The summed E-state index contributed by atoms with van der Waals surface area (Å²) in [6.45, 7) is 2.21. The summed E-state index contributed by atoms with van der Waals surface area (Å²) in [7, 11) is 0. The molecule has 2 fully saturated rings. The third kappa shape index (κ3) is 1.46. The van der Waals surface area contributed by atoms with Crippen molar-refractivity contribution in [1.82, 2.24) is 0 Å². The molecular weight excluding hydrogens is 192 g/mol. The fourth-order valence-corrected chi connectivity index (χ4v) is 2.27. The van der Waals surface area contributed by atoms with Gasteiger partial charge in [-0.25, -0.2) is 0 Å². The molecule has 0 bridgehead atoms. The highest BCUT2D eigenvalue weighted by Gasteiger charge is 2.47. The highest BCUT2D eigenvalue weighted by molar-refractivity contribution is 5.74. The molecule has 2 aliphatic rings. The van der Waals surface area contributed by atoms with Gasteiger partial charge in [0.2, 0.25) is 0 Å². The number of carbonyl (C=O) groups is 1. The first-order valence-corrected chi connectivity index (χ1v) is 5.49. The lowest BCUT2D eigenvalue weighted by Gasteiger charge is -1.93. The van der Waals surface area contributed by atoms with Crippen molar-refractivity contribution >= 4 is 5.97 Å². The Morgan fingerprint density at radius 1 is 1.33 bits per heavy atom. The maximum Gasteiger partial charge on any atom is 0.307 e. The molecule has 15 heavy (non-hydrogen) atoms. The van der Waals surface area contributed by atoms with E-state index in [1.807, 2.05) is 12.1 Å². The number of rotatable bonds is 3. The van der Waals surface area contributed by atoms with E-state index in [0.29, 0.717) is 5.92 Å². The van der Waals surface area contributed by atoms with Crippen molar-refractivity contribution in [2.24, 2.45) is 11.8 Å². The first-order valence-electron chi connectivity index (χ1n) is 5.49. The molecule has 3 nitrogen and oxygen atoms in total. The van der Waals surface area contributed by atoms with Crippen molar-refractivity contribution in [3.8, 4) is 0 Å². The van der Waals surface area contributed by atoms with Gasteiger partial charge in [-0.1, -0.05) is 6.92 Å². The molecule has 0 spiro atoms. The van der Waals surface area contributed by atoms with Crippen LogP contribution in [0, 0.1) is 11.8 Å². The zero-order valence-electron chi connectivity index (χ0n) is 8.64. The van der Waals surface area contributed by atoms with Crippen LogP contribution >= 0.6 is 0 Å². The number of carboxylic acids is 1. The summed E-state index contributed by atoms with van der Waals surface area (Å²) in [5, 5.41) is 8.81. The van der Waals surface area contributed by atoms with Crippen molar-refractivity contribution in [3.63, 3.8) is 0 Å². The zero-order valence-corrected chi connectivity index (χ0v) is 8.64. The van der Waals surface area contributed by atoms with Crippen LogP contribution in [0.1, 0.15) is 43.1 Å². The van der Waals surface area contributed by atoms with Gasteiger partial charge >= 0.3 is 5.97 Å². The third-order valence-corrected chi connectivity index (χ3v) is 3.60. The highest BCUT2D eigenvalue weighted by Crippen LogP contribution is 2.51. The number of carboxylic acid groups (broad SMARTS) is 1. The molecular formula is C12H14O3. The molecule has 1 heterocycles. The van der Waals surface area contributed by atoms with Crippen LogP contribution in [0.4, 0.5) is 0 Å². The molecule has 1 aromatic heterocycles. The normalized spacial score (nSPS) is 37.7. The smallest absolute Gasteiger partial charge is 0.307 e. The van der Waals surface area contributed by atoms with Gasteiger partial charge in [0, 0.05) is 11.8 Å². The first kappa shape index (κ1) is 9.01. The number of hydrogen-bond donors (Lipinski definition) is 1. The Balaban J connectivity index is 1.72. The summed E-state index contributed by atoms with van der Waals surface area (Å²) in [6.07, 6.45) is 1.95. The van der Waals surface area contributed by atoms with Gasteiger partial charge in [0.25, 0.3) is 0 Å². The lowest BCUT2D eigenvalue weighted by molar-refractivity contribution is -0.138. The van der Waals surface area contributed by atoms with E-state index in [-0.39, 0.29) is 11.8 Å². The highest BCUT2D eigenvalue weighted by atomic mass is 16.4. The van der Waals surface area contributed by atoms with Crippen LogP contribution in [0.15, 0.2) is 16.5 Å². The second kappa shape index (κ2) is 2.87. The monoisotopic (exact) mass is 206 g/mol. The fraction of sp³-hybridized carbons (Fsp3) is 0.583. The van der Waals surface area contributed by atoms with Gasteiger partial charge in [0.1, 0.15) is 11.5 Å². The summed E-state index contributed by atoms with van der Waals surface area (Å²) in [5.74, 6) is 2.47. The molecule has 3 heteroatoms. The fourth-order valence-electron chi connectivity index (χ4n) is 2.27. The van der Waals surface area contributed by atoms with E-state index in [1.165, 1.54) is 6.42 Å². The van der Waals surface area contributed by atoms with Gasteiger partial charge in [-0.05, 0) is 30.9 Å². The lowest BCUT2D eigenvalue weighted by Crippen LogP contribution is -1.98. The van der Waals surface area contributed by atoms with Crippen LogP contribution in [-0.2, 0) is 4.79 Å². The Bertz CT molecular complexity index is 407. The Labute approximate surface area is 88.1 Å². The second-order valence-corrected chi connectivity index (χ2v) is 4.85. The van der Waals surface area contributed by atoms with Crippen LogP contribution in [0.2, 0.25) is 0 Å². The van der Waals surface area contributed by atoms with Crippen molar-refractivity contribution in [1.29, 1.82) is 0 Å². The van der Waals surface area contributed by atoms with Crippen LogP contribution in [0.25, 0.3) is 0 Å². The minimum atomic E-state index is -0.697.